The van der Waals surface area contributed by atoms with Crippen LogP contribution >= 0.6 is 0 Å². The second kappa shape index (κ2) is 8.12. The molecule has 0 aliphatic heterocycles. The van der Waals surface area contributed by atoms with Crippen LogP contribution < -0.4 is 0 Å². The molecule has 0 saturated heterocycles. The highest BCUT2D eigenvalue weighted by atomic mass is 15.1. The number of nitrogens with zero attached hydrogens (tertiary/aromatic N) is 1. The van der Waals surface area contributed by atoms with Gasteiger partial charge in [0.05, 0.1) is 0 Å². The van der Waals surface area contributed by atoms with Crippen molar-refractivity contribution in [2.75, 3.05) is 13.1 Å². The molecule has 0 N–H and O–H groups in total. The Morgan fingerprint density at radius 1 is 1.19 bits per heavy atom. The SMILES string of the molecule is C=C/C=C(C)\C(=C/C=C)CN(CC)C(C)C. The molecule has 0 radical (unpaired) electrons. The number of rotatable bonds is 7. The van der Waals surface area contributed by atoms with E-state index in [9.17, 15) is 0 Å². The van der Waals surface area contributed by atoms with Gasteiger partial charge in [0.15, 0.2) is 0 Å². The molecule has 0 rings (SSSR count). The molecule has 0 bridgehead atoms. The fraction of sp³-hybridized carbons (Fsp3) is 0.467. The summed E-state index contributed by atoms with van der Waals surface area (Å²) >= 11 is 0. The van der Waals surface area contributed by atoms with E-state index in [1.165, 1.54) is 11.1 Å². The molecule has 1 heteroatoms. The van der Waals surface area contributed by atoms with Crippen molar-refractivity contribution in [2.24, 2.45) is 0 Å². The summed E-state index contributed by atoms with van der Waals surface area (Å²) < 4.78 is 0. The van der Waals surface area contributed by atoms with Gasteiger partial charge >= 0.3 is 0 Å². The van der Waals surface area contributed by atoms with Gasteiger partial charge in [0.25, 0.3) is 0 Å². The normalized spacial score (nSPS) is 13.4. The fourth-order valence-corrected chi connectivity index (χ4v) is 1.61. The average molecular weight is 219 g/mol. The van der Waals surface area contributed by atoms with Gasteiger partial charge in [-0.1, -0.05) is 44.4 Å². The minimum absolute atomic E-state index is 0.565. The van der Waals surface area contributed by atoms with Gasteiger partial charge in [-0.2, -0.15) is 0 Å². The minimum atomic E-state index is 0.565. The Labute approximate surface area is 101 Å². The molecule has 0 amide bonds. The Bertz CT molecular complexity index is 282. The maximum Gasteiger partial charge on any atom is 0.0238 e. The molecule has 0 aliphatic rings. The Hall–Kier alpha value is -1.08. The molecule has 0 spiro atoms. The number of hydrogen-bond acceptors (Lipinski definition) is 1. The van der Waals surface area contributed by atoms with E-state index in [-0.39, 0.29) is 0 Å². The summed E-state index contributed by atoms with van der Waals surface area (Å²) in [5.41, 5.74) is 2.57. The number of hydrogen-bond donors (Lipinski definition) is 0. The lowest BCUT2D eigenvalue weighted by atomic mass is 10.1. The van der Waals surface area contributed by atoms with Crippen LogP contribution in [0.25, 0.3) is 0 Å². The monoisotopic (exact) mass is 219 g/mol. The van der Waals surface area contributed by atoms with Gasteiger partial charge in [-0.3, -0.25) is 4.90 Å². The Balaban J connectivity index is 4.82. The van der Waals surface area contributed by atoms with Crippen LogP contribution in [0.15, 0.2) is 48.6 Å². The van der Waals surface area contributed by atoms with E-state index in [0.717, 1.165) is 13.1 Å². The van der Waals surface area contributed by atoms with E-state index in [2.05, 4.69) is 51.8 Å². The molecule has 0 unspecified atom stereocenters. The molecule has 0 heterocycles. The summed E-state index contributed by atoms with van der Waals surface area (Å²) in [7, 11) is 0. The summed E-state index contributed by atoms with van der Waals surface area (Å²) in [4.78, 5) is 2.43. The van der Waals surface area contributed by atoms with Crippen LogP contribution in [0, 0.1) is 0 Å². The van der Waals surface area contributed by atoms with Crippen molar-refractivity contribution in [1.82, 2.24) is 4.90 Å². The molecule has 0 aromatic heterocycles. The minimum Gasteiger partial charge on any atom is -0.297 e. The van der Waals surface area contributed by atoms with Gasteiger partial charge in [-0.25, -0.2) is 0 Å². The Morgan fingerprint density at radius 2 is 1.75 bits per heavy atom. The first-order valence-corrected chi connectivity index (χ1v) is 5.92. The lowest BCUT2D eigenvalue weighted by Gasteiger charge is -2.26. The van der Waals surface area contributed by atoms with Crippen molar-refractivity contribution in [3.8, 4) is 0 Å². The predicted molar refractivity (Wildman–Crippen MR) is 74.6 cm³/mol. The third kappa shape index (κ3) is 5.13. The van der Waals surface area contributed by atoms with Gasteiger partial charge < -0.3 is 0 Å². The van der Waals surface area contributed by atoms with Crippen molar-refractivity contribution in [3.63, 3.8) is 0 Å². The zero-order valence-electron chi connectivity index (χ0n) is 11.2. The summed E-state index contributed by atoms with van der Waals surface area (Å²) in [5, 5.41) is 0. The lowest BCUT2D eigenvalue weighted by molar-refractivity contribution is 0.255. The predicted octanol–water partition coefficient (Wildman–Crippen LogP) is 3.96. The molecular weight excluding hydrogens is 194 g/mol. The second-order valence-electron chi connectivity index (χ2n) is 4.17. The maximum atomic E-state index is 3.77. The Kier molecular flexibility index (Phi) is 7.57. The van der Waals surface area contributed by atoms with Crippen LogP contribution in [0.4, 0.5) is 0 Å². The molecule has 0 aromatic carbocycles. The largest absolute Gasteiger partial charge is 0.297 e. The van der Waals surface area contributed by atoms with Crippen LogP contribution in [0.1, 0.15) is 27.7 Å². The molecule has 0 atom stereocenters. The van der Waals surface area contributed by atoms with Crippen molar-refractivity contribution in [2.45, 2.75) is 33.7 Å². The quantitative estimate of drug-likeness (QED) is 0.586. The second-order valence-corrected chi connectivity index (χ2v) is 4.17. The van der Waals surface area contributed by atoms with Crippen molar-refractivity contribution >= 4 is 0 Å². The number of likely N-dealkylation sites (N-methyl/N-ethyl adjacent to an activating group) is 1. The highest BCUT2D eigenvalue weighted by Crippen LogP contribution is 2.13. The van der Waals surface area contributed by atoms with Crippen molar-refractivity contribution < 1.29 is 0 Å². The Morgan fingerprint density at radius 3 is 2.12 bits per heavy atom. The highest BCUT2D eigenvalue weighted by molar-refractivity contribution is 5.35. The first kappa shape index (κ1) is 14.9. The zero-order valence-corrected chi connectivity index (χ0v) is 11.2. The zero-order chi connectivity index (χ0) is 12.6. The first-order valence-electron chi connectivity index (χ1n) is 5.92. The summed E-state index contributed by atoms with van der Waals surface area (Å²) in [5.74, 6) is 0. The average Bonchev–Trinajstić information content (AvgIpc) is 2.23. The fourth-order valence-electron chi connectivity index (χ4n) is 1.61. The highest BCUT2D eigenvalue weighted by Gasteiger charge is 2.09. The van der Waals surface area contributed by atoms with E-state index in [4.69, 9.17) is 0 Å². The summed E-state index contributed by atoms with van der Waals surface area (Å²) in [6, 6.07) is 0.565. The molecule has 0 fully saturated rings. The van der Waals surface area contributed by atoms with Gasteiger partial charge in [0.1, 0.15) is 0 Å². The molecule has 16 heavy (non-hydrogen) atoms. The molecule has 0 aliphatic carbocycles. The first-order chi connectivity index (χ1) is 7.56. The summed E-state index contributed by atoms with van der Waals surface area (Å²) in [6.45, 7) is 18.3. The van der Waals surface area contributed by atoms with Gasteiger partial charge in [0.2, 0.25) is 0 Å². The van der Waals surface area contributed by atoms with Gasteiger partial charge in [0, 0.05) is 12.6 Å². The lowest BCUT2D eigenvalue weighted by Crippen LogP contribution is -2.32. The van der Waals surface area contributed by atoms with E-state index >= 15 is 0 Å². The maximum absolute atomic E-state index is 3.77. The van der Waals surface area contributed by atoms with Crippen LogP contribution in [0.5, 0.6) is 0 Å². The molecule has 1 nitrogen and oxygen atoms in total. The molecule has 0 saturated carbocycles. The standard InChI is InChI=1S/C15H25N/c1-7-10-14(6)15(11-8-2)12-16(9-3)13(4)5/h7-8,10-11,13H,1-2,9,12H2,3-6H3/b14-10-,15-11-. The topological polar surface area (TPSA) is 3.24 Å². The third-order valence-electron chi connectivity index (χ3n) is 2.70. The van der Waals surface area contributed by atoms with Crippen molar-refractivity contribution in [1.29, 1.82) is 0 Å². The molecule has 0 aromatic rings. The van der Waals surface area contributed by atoms with Crippen LogP contribution in [-0.2, 0) is 0 Å². The van der Waals surface area contributed by atoms with Crippen LogP contribution in [0.3, 0.4) is 0 Å². The smallest absolute Gasteiger partial charge is 0.0238 e. The molecular formula is C15H25N. The van der Waals surface area contributed by atoms with E-state index in [1.54, 1.807) is 0 Å². The van der Waals surface area contributed by atoms with Crippen molar-refractivity contribution in [3.05, 3.63) is 48.6 Å². The molecule has 90 valence electrons. The van der Waals surface area contributed by atoms with Gasteiger partial charge in [-0.05, 0) is 38.5 Å². The number of allylic oxidation sites excluding steroid dienone is 4. The van der Waals surface area contributed by atoms with E-state index in [1.807, 2.05) is 18.2 Å². The van der Waals surface area contributed by atoms with E-state index in [0.29, 0.717) is 6.04 Å². The summed E-state index contributed by atoms with van der Waals surface area (Å²) in [6.07, 6.45) is 7.81. The van der Waals surface area contributed by atoms with E-state index < -0.39 is 0 Å². The van der Waals surface area contributed by atoms with Crippen LogP contribution in [0.2, 0.25) is 0 Å². The third-order valence-corrected chi connectivity index (χ3v) is 2.70. The van der Waals surface area contributed by atoms with Gasteiger partial charge in [-0.15, -0.1) is 0 Å². The van der Waals surface area contributed by atoms with Crippen LogP contribution in [-0.4, -0.2) is 24.0 Å².